The lowest BCUT2D eigenvalue weighted by Crippen LogP contribution is -2.51. The number of ether oxygens (including phenoxy) is 1. The summed E-state index contributed by atoms with van der Waals surface area (Å²) < 4.78 is 23.9. The largest absolute Gasteiger partial charge is 0.501 e. The smallest absolute Gasteiger partial charge is 0.380 e. The van der Waals surface area contributed by atoms with Crippen LogP contribution in [0.1, 0.15) is 61.3 Å². The average molecular weight is 319 g/mol. The van der Waals surface area contributed by atoms with Crippen LogP contribution in [0.15, 0.2) is 0 Å². The van der Waals surface area contributed by atoms with Crippen molar-refractivity contribution in [1.82, 2.24) is 0 Å². The lowest BCUT2D eigenvalue weighted by atomic mass is 9.84. The van der Waals surface area contributed by atoms with Crippen molar-refractivity contribution in [3.05, 3.63) is 0 Å². The Morgan fingerprint density at radius 1 is 0.905 bits per heavy atom. The summed E-state index contributed by atoms with van der Waals surface area (Å²) in [5, 5.41) is 0. The maximum atomic E-state index is 6.19. The fourth-order valence-electron chi connectivity index (χ4n) is 2.66. The van der Waals surface area contributed by atoms with E-state index < -0.39 is 8.80 Å². The van der Waals surface area contributed by atoms with E-state index in [-0.39, 0.29) is 18.3 Å². The first-order valence-electron chi connectivity index (χ1n) is 8.28. The second-order valence-corrected chi connectivity index (χ2v) is 9.91. The lowest BCUT2D eigenvalue weighted by Gasteiger charge is -2.39. The molecule has 21 heavy (non-hydrogen) atoms. The van der Waals surface area contributed by atoms with Crippen LogP contribution in [0, 0.1) is 5.41 Å². The van der Waals surface area contributed by atoms with Crippen molar-refractivity contribution < 1.29 is 18.0 Å². The number of hydrogen-bond donors (Lipinski definition) is 0. The van der Waals surface area contributed by atoms with Gasteiger partial charge in [-0.25, -0.2) is 0 Å². The van der Waals surface area contributed by atoms with Crippen LogP contribution >= 0.6 is 0 Å². The zero-order chi connectivity index (χ0) is 16.1. The molecule has 126 valence electrons. The van der Waals surface area contributed by atoms with E-state index in [4.69, 9.17) is 18.0 Å². The Bertz CT molecular complexity index is 274. The monoisotopic (exact) mass is 318 g/mol. The topological polar surface area (TPSA) is 36.9 Å². The molecule has 0 radical (unpaired) electrons. The molecule has 1 rings (SSSR count). The predicted octanol–water partition coefficient (Wildman–Crippen LogP) is 4.02. The van der Waals surface area contributed by atoms with Gasteiger partial charge < -0.3 is 18.0 Å². The molecule has 5 heteroatoms. The molecule has 0 atom stereocenters. The van der Waals surface area contributed by atoms with Gasteiger partial charge in [-0.15, -0.1) is 0 Å². The highest BCUT2D eigenvalue weighted by atomic mass is 28.4. The van der Waals surface area contributed by atoms with Gasteiger partial charge in [0.25, 0.3) is 0 Å². The zero-order valence-electron chi connectivity index (χ0n) is 14.9. The Labute approximate surface area is 131 Å². The van der Waals surface area contributed by atoms with E-state index in [9.17, 15) is 0 Å². The molecule has 1 saturated heterocycles. The standard InChI is InChI=1S/C16H34O4Si/c1-13(2)18-21(19-14(3)4,20-15(5)6)10-8-9-16(7)11-17-12-16/h13-15H,8-12H2,1-7H3. The van der Waals surface area contributed by atoms with Crippen LogP contribution in [-0.2, 0) is 18.0 Å². The van der Waals surface area contributed by atoms with E-state index in [1.165, 1.54) is 0 Å². The van der Waals surface area contributed by atoms with Crippen LogP contribution in [0.25, 0.3) is 0 Å². The first kappa shape index (κ1) is 19.1. The Morgan fingerprint density at radius 3 is 1.62 bits per heavy atom. The minimum Gasteiger partial charge on any atom is -0.380 e. The first-order valence-corrected chi connectivity index (χ1v) is 10.2. The van der Waals surface area contributed by atoms with Gasteiger partial charge in [-0.2, -0.15) is 0 Å². The summed E-state index contributed by atoms with van der Waals surface area (Å²) in [4.78, 5) is 0. The molecule has 0 bridgehead atoms. The normalized spacial score (nSPS) is 18.6. The second-order valence-electron chi connectivity index (χ2n) is 7.34. The van der Waals surface area contributed by atoms with Gasteiger partial charge in [0.05, 0.1) is 13.2 Å². The van der Waals surface area contributed by atoms with E-state index in [2.05, 4.69) is 48.5 Å². The van der Waals surface area contributed by atoms with Crippen LogP contribution in [0.2, 0.25) is 6.04 Å². The van der Waals surface area contributed by atoms with Gasteiger partial charge in [-0.3, -0.25) is 0 Å². The van der Waals surface area contributed by atoms with E-state index >= 15 is 0 Å². The highest BCUT2D eigenvalue weighted by Crippen LogP contribution is 2.34. The van der Waals surface area contributed by atoms with Gasteiger partial charge >= 0.3 is 8.80 Å². The third-order valence-corrected chi connectivity index (χ3v) is 6.87. The molecule has 1 fully saturated rings. The molecular formula is C16H34O4Si. The molecule has 1 heterocycles. The maximum absolute atomic E-state index is 6.19. The molecule has 1 aliphatic rings. The van der Waals surface area contributed by atoms with Crippen LogP contribution in [0.5, 0.6) is 0 Å². The number of hydrogen-bond acceptors (Lipinski definition) is 4. The third-order valence-electron chi connectivity index (χ3n) is 3.41. The molecule has 0 N–H and O–H groups in total. The zero-order valence-corrected chi connectivity index (χ0v) is 15.9. The first-order chi connectivity index (χ1) is 9.66. The number of rotatable bonds is 10. The molecular weight excluding hydrogens is 284 g/mol. The Morgan fingerprint density at radius 2 is 1.33 bits per heavy atom. The van der Waals surface area contributed by atoms with Gasteiger partial charge in [-0.1, -0.05) is 6.92 Å². The summed E-state index contributed by atoms with van der Waals surface area (Å²) in [5.74, 6) is 0. The van der Waals surface area contributed by atoms with E-state index in [0.717, 1.165) is 32.1 Å². The highest BCUT2D eigenvalue weighted by molar-refractivity contribution is 6.60. The minimum atomic E-state index is -2.61. The molecule has 0 spiro atoms. The van der Waals surface area contributed by atoms with Crippen molar-refractivity contribution in [3.63, 3.8) is 0 Å². The fraction of sp³-hybridized carbons (Fsp3) is 1.00. The molecule has 0 saturated carbocycles. The van der Waals surface area contributed by atoms with Crippen LogP contribution in [0.3, 0.4) is 0 Å². The van der Waals surface area contributed by atoms with E-state index in [1.54, 1.807) is 0 Å². The van der Waals surface area contributed by atoms with Gasteiger partial charge in [0, 0.05) is 29.8 Å². The molecule has 0 aromatic rings. The molecule has 1 aliphatic heterocycles. The van der Waals surface area contributed by atoms with Gasteiger partial charge in [0.1, 0.15) is 0 Å². The van der Waals surface area contributed by atoms with Crippen molar-refractivity contribution >= 4 is 8.80 Å². The second kappa shape index (κ2) is 8.06. The summed E-state index contributed by atoms with van der Waals surface area (Å²) in [5.41, 5.74) is 0.341. The summed E-state index contributed by atoms with van der Waals surface area (Å²) in [6.07, 6.45) is 2.58. The van der Waals surface area contributed by atoms with Crippen molar-refractivity contribution in [1.29, 1.82) is 0 Å². The van der Waals surface area contributed by atoms with Crippen LogP contribution in [-0.4, -0.2) is 40.3 Å². The van der Waals surface area contributed by atoms with Crippen LogP contribution in [0.4, 0.5) is 0 Å². The summed E-state index contributed by atoms with van der Waals surface area (Å²) in [6.45, 7) is 16.4. The predicted molar refractivity (Wildman–Crippen MR) is 87.4 cm³/mol. The maximum Gasteiger partial charge on any atom is 0.501 e. The van der Waals surface area contributed by atoms with Gasteiger partial charge in [0.15, 0.2) is 0 Å². The summed E-state index contributed by atoms with van der Waals surface area (Å²) >= 11 is 0. The molecule has 0 aromatic heterocycles. The average Bonchev–Trinajstić information content (AvgIpc) is 2.23. The Hall–Kier alpha value is 0.0569. The molecule has 4 nitrogen and oxygen atoms in total. The molecule has 0 aliphatic carbocycles. The van der Waals surface area contributed by atoms with Crippen molar-refractivity contribution in [2.45, 2.75) is 85.7 Å². The van der Waals surface area contributed by atoms with E-state index in [0.29, 0.717) is 5.41 Å². The summed E-state index contributed by atoms with van der Waals surface area (Å²) in [7, 11) is -2.61. The van der Waals surface area contributed by atoms with Crippen molar-refractivity contribution in [2.75, 3.05) is 13.2 Å². The molecule has 0 aromatic carbocycles. The van der Waals surface area contributed by atoms with Gasteiger partial charge in [0.2, 0.25) is 0 Å². The third kappa shape index (κ3) is 6.78. The quantitative estimate of drug-likeness (QED) is 0.570. The molecule has 0 amide bonds. The minimum absolute atomic E-state index is 0.122. The highest BCUT2D eigenvalue weighted by Gasteiger charge is 2.44. The van der Waals surface area contributed by atoms with Crippen molar-refractivity contribution in [2.24, 2.45) is 5.41 Å². The van der Waals surface area contributed by atoms with E-state index in [1.807, 2.05) is 0 Å². The fourth-order valence-corrected chi connectivity index (χ4v) is 5.95. The lowest BCUT2D eigenvalue weighted by molar-refractivity contribution is -0.106. The Balaban J connectivity index is 2.66. The van der Waals surface area contributed by atoms with Crippen molar-refractivity contribution in [3.8, 4) is 0 Å². The Kier molecular flexibility index (Phi) is 7.33. The van der Waals surface area contributed by atoms with Crippen LogP contribution < -0.4 is 0 Å². The van der Waals surface area contributed by atoms with Gasteiger partial charge in [-0.05, 0) is 54.4 Å². The SMILES string of the molecule is CC(C)O[Si](CCCC1(C)COC1)(OC(C)C)OC(C)C. The summed E-state index contributed by atoms with van der Waals surface area (Å²) in [6, 6.07) is 0.886. The molecule has 0 unspecified atom stereocenters.